The lowest BCUT2D eigenvalue weighted by Crippen LogP contribution is -2.13. The molecule has 0 unspecified atom stereocenters. The minimum Gasteiger partial charge on any atom is -0.339 e. The van der Waals surface area contributed by atoms with Crippen LogP contribution >= 0.6 is 0 Å². The number of rotatable bonds is 4. The second kappa shape index (κ2) is 5.05. The van der Waals surface area contributed by atoms with Gasteiger partial charge in [0.25, 0.3) is 10.0 Å². The minimum atomic E-state index is -3.61. The summed E-state index contributed by atoms with van der Waals surface area (Å²) in [6.07, 6.45) is 2.92. The fourth-order valence-corrected chi connectivity index (χ4v) is 2.71. The second-order valence-corrected chi connectivity index (χ2v) is 6.39. The molecule has 6 heteroatoms. The quantitative estimate of drug-likeness (QED) is 0.934. The van der Waals surface area contributed by atoms with E-state index in [0.29, 0.717) is 11.6 Å². The molecule has 0 spiro atoms. The Bertz CT molecular complexity index is 657. The van der Waals surface area contributed by atoms with Crippen molar-refractivity contribution >= 4 is 15.7 Å². The number of benzene rings is 1. The Morgan fingerprint density at radius 1 is 1.21 bits per heavy atom. The van der Waals surface area contributed by atoms with Gasteiger partial charge in [0.05, 0.1) is 6.33 Å². The average molecular weight is 279 g/mol. The summed E-state index contributed by atoms with van der Waals surface area (Å²) in [6.45, 7) is 4.18. The molecule has 0 saturated carbocycles. The van der Waals surface area contributed by atoms with Crippen LogP contribution in [0.1, 0.15) is 25.3 Å². The highest BCUT2D eigenvalue weighted by Gasteiger charge is 2.16. The van der Waals surface area contributed by atoms with Crippen molar-refractivity contribution in [2.45, 2.75) is 24.8 Å². The van der Waals surface area contributed by atoms with Gasteiger partial charge in [0.15, 0.2) is 5.03 Å². The average Bonchev–Trinajstić information content (AvgIpc) is 2.77. The standard InChI is InChI=1S/C13H17N3O2S/c1-10(2)11-4-6-12(7-5-11)15-19(17,18)13-8-16(3)9-14-13/h4-10,15H,1-3H3. The number of hydrogen-bond donors (Lipinski definition) is 1. The molecule has 0 aliphatic heterocycles. The molecule has 102 valence electrons. The van der Waals surface area contributed by atoms with Crippen molar-refractivity contribution in [1.82, 2.24) is 9.55 Å². The maximum absolute atomic E-state index is 12.0. The van der Waals surface area contributed by atoms with Gasteiger partial charge in [-0.3, -0.25) is 4.72 Å². The van der Waals surface area contributed by atoms with Crippen molar-refractivity contribution in [3.8, 4) is 0 Å². The lowest BCUT2D eigenvalue weighted by Gasteiger charge is -2.08. The van der Waals surface area contributed by atoms with E-state index >= 15 is 0 Å². The van der Waals surface area contributed by atoms with Gasteiger partial charge in [0, 0.05) is 18.9 Å². The van der Waals surface area contributed by atoms with E-state index in [9.17, 15) is 8.42 Å². The zero-order chi connectivity index (χ0) is 14.0. The Hall–Kier alpha value is -1.82. The fourth-order valence-electron chi connectivity index (χ4n) is 1.67. The summed E-state index contributed by atoms with van der Waals surface area (Å²) in [5, 5.41) is 0.0166. The van der Waals surface area contributed by atoms with Crippen LogP contribution < -0.4 is 4.72 Å². The highest BCUT2D eigenvalue weighted by atomic mass is 32.2. The van der Waals surface area contributed by atoms with Crippen LogP contribution in [0.3, 0.4) is 0 Å². The number of hydrogen-bond acceptors (Lipinski definition) is 3. The van der Waals surface area contributed by atoms with Gasteiger partial charge in [-0.2, -0.15) is 8.42 Å². The van der Waals surface area contributed by atoms with E-state index in [1.165, 1.54) is 18.1 Å². The van der Waals surface area contributed by atoms with Crippen molar-refractivity contribution in [2.24, 2.45) is 7.05 Å². The molecular formula is C13H17N3O2S. The van der Waals surface area contributed by atoms with Crippen LogP contribution in [0.5, 0.6) is 0 Å². The number of aromatic nitrogens is 2. The molecule has 1 N–H and O–H groups in total. The molecule has 19 heavy (non-hydrogen) atoms. The highest BCUT2D eigenvalue weighted by Crippen LogP contribution is 2.19. The summed E-state index contributed by atoms with van der Waals surface area (Å²) in [5.74, 6) is 0.418. The van der Waals surface area contributed by atoms with Gasteiger partial charge >= 0.3 is 0 Å². The first-order chi connectivity index (χ1) is 8.88. The minimum absolute atomic E-state index is 0.0166. The van der Waals surface area contributed by atoms with E-state index in [-0.39, 0.29) is 5.03 Å². The zero-order valence-electron chi connectivity index (χ0n) is 11.2. The third kappa shape index (κ3) is 3.14. The summed E-state index contributed by atoms with van der Waals surface area (Å²) < 4.78 is 28.2. The van der Waals surface area contributed by atoms with Crippen LogP contribution in [-0.2, 0) is 17.1 Å². The predicted octanol–water partition coefficient (Wildman–Crippen LogP) is 2.34. The lowest BCUT2D eigenvalue weighted by atomic mass is 10.0. The first kappa shape index (κ1) is 13.6. The Balaban J connectivity index is 2.21. The molecule has 1 heterocycles. The third-order valence-corrected chi connectivity index (χ3v) is 4.05. The topological polar surface area (TPSA) is 64.0 Å². The van der Waals surface area contributed by atoms with E-state index in [1.807, 2.05) is 12.1 Å². The molecule has 2 rings (SSSR count). The van der Waals surface area contributed by atoms with Crippen LogP contribution in [0.4, 0.5) is 5.69 Å². The number of anilines is 1. The van der Waals surface area contributed by atoms with Crippen LogP contribution in [0.25, 0.3) is 0 Å². The number of nitrogens with zero attached hydrogens (tertiary/aromatic N) is 2. The first-order valence-electron chi connectivity index (χ1n) is 5.99. The monoisotopic (exact) mass is 279 g/mol. The molecule has 1 aromatic carbocycles. The van der Waals surface area contributed by atoms with Crippen molar-refractivity contribution < 1.29 is 8.42 Å². The van der Waals surface area contributed by atoms with E-state index in [4.69, 9.17) is 0 Å². The zero-order valence-corrected chi connectivity index (χ0v) is 12.0. The summed E-state index contributed by atoms with van der Waals surface area (Å²) in [4.78, 5) is 3.84. The number of sulfonamides is 1. The van der Waals surface area contributed by atoms with E-state index in [1.54, 1.807) is 23.7 Å². The highest BCUT2D eigenvalue weighted by molar-refractivity contribution is 7.92. The van der Waals surface area contributed by atoms with Crippen LogP contribution in [-0.4, -0.2) is 18.0 Å². The number of imidazole rings is 1. The Morgan fingerprint density at radius 2 is 1.84 bits per heavy atom. The molecule has 0 bridgehead atoms. The van der Waals surface area contributed by atoms with Gasteiger partial charge in [0.2, 0.25) is 0 Å². The maximum atomic E-state index is 12.0. The number of nitrogens with one attached hydrogen (secondary N) is 1. The first-order valence-corrected chi connectivity index (χ1v) is 7.47. The molecule has 0 aliphatic rings. The SMILES string of the molecule is CC(C)c1ccc(NS(=O)(=O)c2cn(C)cn2)cc1. The Labute approximate surface area is 113 Å². The Morgan fingerprint density at radius 3 is 2.32 bits per heavy atom. The maximum Gasteiger partial charge on any atom is 0.280 e. The predicted molar refractivity (Wildman–Crippen MR) is 74.5 cm³/mol. The van der Waals surface area contributed by atoms with Gasteiger partial charge < -0.3 is 4.57 Å². The van der Waals surface area contributed by atoms with E-state index in [2.05, 4.69) is 23.6 Å². The molecule has 0 radical (unpaired) electrons. The molecule has 5 nitrogen and oxygen atoms in total. The lowest BCUT2D eigenvalue weighted by molar-refractivity contribution is 0.598. The normalized spacial score (nSPS) is 11.8. The molecule has 0 atom stereocenters. The van der Waals surface area contributed by atoms with Crippen LogP contribution in [0.2, 0.25) is 0 Å². The Kier molecular flexibility index (Phi) is 3.61. The van der Waals surface area contributed by atoms with E-state index in [0.717, 1.165) is 0 Å². The van der Waals surface area contributed by atoms with E-state index < -0.39 is 10.0 Å². The van der Waals surface area contributed by atoms with Gasteiger partial charge in [-0.15, -0.1) is 0 Å². The molecular weight excluding hydrogens is 262 g/mol. The fraction of sp³-hybridized carbons (Fsp3) is 0.308. The largest absolute Gasteiger partial charge is 0.339 e. The van der Waals surface area contributed by atoms with Gasteiger partial charge in [-0.25, -0.2) is 4.98 Å². The second-order valence-electron chi connectivity index (χ2n) is 4.76. The summed E-state index contributed by atoms with van der Waals surface area (Å²) in [6, 6.07) is 7.35. The van der Waals surface area contributed by atoms with Crippen molar-refractivity contribution in [3.63, 3.8) is 0 Å². The molecule has 2 aromatic rings. The molecule has 0 fully saturated rings. The molecule has 0 aliphatic carbocycles. The van der Waals surface area contributed by atoms with Crippen LogP contribution in [0.15, 0.2) is 41.8 Å². The van der Waals surface area contributed by atoms with Gasteiger partial charge in [-0.1, -0.05) is 26.0 Å². The van der Waals surface area contributed by atoms with Crippen LogP contribution in [0, 0.1) is 0 Å². The summed E-state index contributed by atoms with van der Waals surface area (Å²) >= 11 is 0. The summed E-state index contributed by atoms with van der Waals surface area (Å²) in [5.41, 5.74) is 1.70. The molecule has 1 aromatic heterocycles. The van der Waals surface area contributed by atoms with Gasteiger partial charge in [0.1, 0.15) is 0 Å². The third-order valence-electron chi connectivity index (χ3n) is 2.79. The molecule has 0 amide bonds. The molecule has 0 saturated heterocycles. The van der Waals surface area contributed by atoms with Crippen molar-refractivity contribution in [1.29, 1.82) is 0 Å². The van der Waals surface area contributed by atoms with Crippen molar-refractivity contribution in [3.05, 3.63) is 42.4 Å². The smallest absolute Gasteiger partial charge is 0.280 e. The van der Waals surface area contributed by atoms with Crippen molar-refractivity contribution in [2.75, 3.05) is 4.72 Å². The number of aryl methyl sites for hydroxylation is 1. The summed E-state index contributed by atoms with van der Waals surface area (Å²) in [7, 11) is -1.88. The van der Waals surface area contributed by atoms with Gasteiger partial charge in [-0.05, 0) is 23.6 Å².